The van der Waals surface area contributed by atoms with Crippen molar-refractivity contribution in [3.8, 4) is 0 Å². The highest BCUT2D eigenvalue weighted by Gasteiger charge is 2.20. The maximum absolute atomic E-state index is 5.33. The van der Waals surface area contributed by atoms with Gasteiger partial charge in [0.15, 0.2) is 0 Å². The molecular formula is C9H13NOS. The van der Waals surface area contributed by atoms with Gasteiger partial charge in [-0.15, -0.1) is 0 Å². The molecule has 1 aromatic heterocycles. The summed E-state index contributed by atoms with van der Waals surface area (Å²) in [7, 11) is 0. The van der Waals surface area contributed by atoms with Crippen LogP contribution in [0.25, 0.3) is 0 Å². The third-order valence-electron chi connectivity index (χ3n) is 2.09. The van der Waals surface area contributed by atoms with Crippen molar-refractivity contribution in [2.24, 2.45) is 0 Å². The highest BCUT2D eigenvalue weighted by Crippen LogP contribution is 2.25. The Kier molecular flexibility index (Phi) is 2.42. The number of thioether (sulfide) groups is 1. The molecule has 1 fully saturated rings. The summed E-state index contributed by atoms with van der Waals surface area (Å²) in [5, 5.41) is 4.19. The summed E-state index contributed by atoms with van der Waals surface area (Å²) >= 11 is 2.00. The van der Waals surface area contributed by atoms with Gasteiger partial charge in [-0.2, -0.15) is 11.8 Å². The second-order valence-corrected chi connectivity index (χ2v) is 4.59. The molecule has 1 N–H and O–H groups in total. The minimum absolute atomic E-state index is 0.418. The van der Waals surface area contributed by atoms with E-state index in [1.54, 1.807) is 6.26 Å². The van der Waals surface area contributed by atoms with E-state index in [0.29, 0.717) is 6.04 Å². The van der Waals surface area contributed by atoms with Gasteiger partial charge in [0, 0.05) is 17.5 Å². The first kappa shape index (κ1) is 8.20. The van der Waals surface area contributed by atoms with E-state index in [-0.39, 0.29) is 0 Å². The first-order valence-electron chi connectivity index (χ1n) is 4.24. The summed E-state index contributed by atoms with van der Waals surface area (Å²) in [6.07, 6.45) is 1.74. The van der Waals surface area contributed by atoms with E-state index in [1.165, 1.54) is 0 Å². The van der Waals surface area contributed by atoms with Gasteiger partial charge in [-0.25, -0.2) is 0 Å². The topological polar surface area (TPSA) is 25.2 Å². The van der Waals surface area contributed by atoms with E-state index < -0.39 is 0 Å². The zero-order chi connectivity index (χ0) is 8.39. The predicted molar refractivity (Wildman–Crippen MR) is 51.4 cm³/mol. The monoisotopic (exact) mass is 183 g/mol. The van der Waals surface area contributed by atoms with E-state index >= 15 is 0 Å². The summed E-state index contributed by atoms with van der Waals surface area (Å²) in [5.74, 6) is 2.18. The lowest BCUT2D eigenvalue weighted by molar-refractivity contribution is 0.430. The van der Waals surface area contributed by atoms with Crippen LogP contribution in [0.5, 0.6) is 0 Å². The van der Waals surface area contributed by atoms with Crippen LogP contribution < -0.4 is 5.32 Å². The fourth-order valence-electron chi connectivity index (χ4n) is 1.36. The van der Waals surface area contributed by atoms with E-state index in [1.807, 2.05) is 23.9 Å². The van der Waals surface area contributed by atoms with Crippen molar-refractivity contribution in [3.05, 3.63) is 24.2 Å². The predicted octanol–water partition coefficient (Wildman–Crippen LogP) is 2.05. The molecule has 2 atom stereocenters. The van der Waals surface area contributed by atoms with E-state index in [2.05, 4.69) is 12.2 Å². The smallest absolute Gasteiger partial charge is 0.121 e. The van der Waals surface area contributed by atoms with Gasteiger partial charge in [0.1, 0.15) is 5.76 Å². The third kappa shape index (κ3) is 1.67. The number of hydrogen-bond acceptors (Lipinski definition) is 3. The molecule has 0 bridgehead atoms. The van der Waals surface area contributed by atoms with E-state index in [0.717, 1.165) is 23.3 Å². The normalized spacial score (nSPS) is 30.4. The maximum Gasteiger partial charge on any atom is 0.121 e. The SMILES string of the molecule is CC1CNC(c2ccco2)CS1. The Morgan fingerprint density at radius 2 is 2.58 bits per heavy atom. The molecule has 0 saturated carbocycles. The average molecular weight is 183 g/mol. The van der Waals surface area contributed by atoms with Gasteiger partial charge >= 0.3 is 0 Å². The Hall–Kier alpha value is -0.410. The molecule has 1 aromatic rings. The standard InChI is InChI=1S/C9H13NOS/c1-7-5-10-8(6-12-7)9-3-2-4-11-9/h2-4,7-8,10H,5-6H2,1H3. The van der Waals surface area contributed by atoms with Crippen LogP contribution in [0, 0.1) is 0 Å². The first-order valence-corrected chi connectivity index (χ1v) is 5.29. The van der Waals surface area contributed by atoms with Crippen molar-refractivity contribution in [1.29, 1.82) is 0 Å². The Labute approximate surface area is 76.7 Å². The molecule has 1 aliphatic heterocycles. The summed E-state index contributed by atoms with van der Waals surface area (Å²) < 4.78 is 5.33. The van der Waals surface area contributed by atoms with Crippen LogP contribution >= 0.6 is 11.8 Å². The molecule has 0 spiro atoms. The van der Waals surface area contributed by atoms with Crippen LogP contribution in [0.1, 0.15) is 18.7 Å². The highest BCUT2D eigenvalue weighted by molar-refractivity contribution is 8.00. The Morgan fingerprint density at radius 3 is 3.17 bits per heavy atom. The lowest BCUT2D eigenvalue weighted by Crippen LogP contribution is -2.34. The van der Waals surface area contributed by atoms with Gasteiger partial charge < -0.3 is 9.73 Å². The molecule has 0 radical (unpaired) electrons. The molecule has 2 rings (SSSR count). The quantitative estimate of drug-likeness (QED) is 0.721. The average Bonchev–Trinajstić information content (AvgIpc) is 2.58. The van der Waals surface area contributed by atoms with Crippen LogP contribution in [-0.2, 0) is 0 Å². The molecule has 1 aliphatic rings. The molecule has 1 saturated heterocycles. The number of furan rings is 1. The molecule has 2 nitrogen and oxygen atoms in total. The van der Waals surface area contributed by atoms with Gasteiger partial charge in [-0.3, -0.25) is 0 Å². The van der Waals surface area contributed by atoms with Gasteiger partial charge in [0.2, 0.25) is 0 Å². The molecule has 0 amide bonds. The van der Waals surface area contributed by atoms with Gasteiger partial charge in [-0.1, -0.05) is 6.92 Å². The summed E-state index contributed by atoms with van der Waals surface area (Å²) in [6.45, 7) is 3.33. The Morgan fingerprint density at radius 1 is 1.67 bits per heavy atom. The molecule has 2 heterocycles. The minimum atomic E-state index is 0.418. The molecule has 2 unspecified atom stereocenters. The fraction of sp³-hybridized carbons (Fsp3) is 0.556. The van der Waals surface area contributed by atoms with Crippen LogP contribution in [0.2, 0.25) is 0 Å². The van der Waals surface area contributed by atoms with Gasteiger partial charge in [0.25, 0.3) is 0 Å². The second-order valence-electron chi connectivity index (χ2n) is 3.12. The highest BCUT2D eigenvalue weighted by atomic mass is 32.2. The van der Waals surface area contributed by atoms with Crippen molar-refractivity contribution in [2.75, 3.05) is 12.3 Å². The zero-order valence-electron chi connectivity index (χ0n) is 7.12. The van der Waals surface area contributed by atoms with Crippen LogP contribution in [0.15, 0.2) is 22.8 Å². The third-order valence-corrected chi connectivity index (χ3v) is 3.35. The Bertz CT molecular complexity index is 227. The lowest BCUT2D eigenvalue weighted by atomic mass is 10.2. The second kappa shape index (κ2) is 3.54. The minimum Gasteiger partial charge on any atom is -0.468 e. The van der Waals surface area contributed by atoms with Crippen LogP contribution in [-0.4, -0.2) is 17.5 Å². The van der Waals surface area contributed by atoms with Crippen molar-refractivity contribution in [3.63, 3.8) is 0 Å². The zero-order valence-corrected chi connectivity index (χ0v) is 7.93. The molecule has 66 valence electrons. The maximum atomic E-state index is 5.33. The molecule has 12 heavy (non-hydrogen) atoms. The van der Waals surface area contributed by atoms with Crippen molar-refractivity contribution in [2.45, 2.75) is 18.2 Å². The van der Waals surface area contributed by atoms with Gasteiger partial charge in [-0.05, 0) is 12.1 Å². The van der Waals surface area contributed by atoms with Gasteiger partial charge in [0.05, 0.1) is 12.3 Å². The lowest BCUT2D eigenvalue weighted by Gasteiger charge is -2.25. The van der Waals surface area contributed by atoms with Crippen LogP contribution in [0.4, 0.5) is 0 Å². The number of hydrogen-bond donors (Lipinski definition) is 1. The van der Waals surface area contributed by atoms with E-state index in [9.17, 15) is 0 Å². The number of rotatable bonds is 1. The number of nitrogens with one attached hydrogen (secondary N) is 1. The van der Waals surface area contributed by atoms with Crippen LogP contribution in [0.3, 0.4) is 0 Å². The molecule has 3 heteroatoms. The van der Waals surface area contributed by atoms with Crippen molar-refractivity contribution < 1.29 is 4.42 Å². The Balaban J connectivity index is 1.99. The van der Waals surface area contributed by atoms with Crippen molar-refractivity contribution in [1.82, 2.24) is 5.32 Å². The van der Waals surface area contributed by atoms with E-state index in [4.69, 9.17) is 4.42 Å². The van der Waals surface area contributed by atoms with Crippen molar-refractivity contribution >= 4 is 11.8 Å². The first-order chi connectivity index (χ1) is 5.86. The summed E-state index contributed by atoms with van der Waals surface area (Å²) in [4.78, 5) is 0. The molecule has 0 aliphatic carbocycles. The fourth-order valence-corrected chi connectivity index (χ4v) is 2.38. The largest absolute Gasteiger partial charge is 0.468 e. The molecule has 0 aromatic carbocycles. The molecular weight excluding hydrogens is 170 g/mol. The summed E-state index contributed by atoms with van der Waals surface area (Å²) in [5.41, 5.74) is 0. The summed E-state index contributed by atoms with van der Waals surface area (Å²) in [6, 6.07) is 4.40.